The van der Waals surface area contributed by atoms with Gasteiger partial charge in [-0.15, -0.1) is 0 Å². The van der Waals surface area contributed by atoms with Gasteiger partial charge in [0.05, 0.1) is 6.54 Å². The van der Waals surface area contributed by atoms with Crippen LogP contribution in [0.1, 0.15) is 19.8 Å². The van der Waals surface area contributed by atoms with Crippen LogP contribution in [0.2, 0.25) is 0 Å². The molecule has 1 heterocycles. The first kappa shape index (κ1) is 16.0. The van der Waals surface area contributed by atoms with Gasteiger partial charge in [0.25, 0.3) is 0 Å². The molecule has 7 heteroatoms. The van der Waals surface area contributed by atoms with Crippen LogP contribution in [-0.2, 0) is 14.4 Å². The summed E-state index contributed by atoms with van der Waals surface area (Å²) in [5.74, 6) is -1.30. The van der Waals surface area contributed by atoms with Crippen LogP contribution >= 0.6 is 0 Å². The van der Waals surface area contributed by atoms with Crippen molar-refractivity contribution in [2.24, 2.45) is 0 Å². The lowest BCUT2D eigenvalue weighted by Crippen LogP contribution is -2.40. The highest BCUT2D eigenvalue weighted by atomic mass is 16.4. The number of anilines is 2. The quantitative estimate of drug-likeness (QED) is 0.757. The molecule has 22 heavy (non-hydrogen) atoms. The lowest BCUT2D eigenvalue weighted by molar-refractivity contribution is -0.142. The van der Waals surface area contributed by atoms with E-state index in [9.17, 15) is 14.4 Å². The van der Waals surface area contributed by atoms with Crippen LogP contribution in [0.4, 0.5) is 11.4 Å². The Balaban J connectivity index is 1.89. The third-order valence-corrected chi connectivity index (χ3v) is 3.48. The highest BCUT2D eigenvalue weighted by molar-refractivity contribution is 5.93. The maximum absolute atomic E-state index is 12.0. The summed E-state index contributed by atoms with van der Waals surface area (Å²) in [6.45, 7) is 2.10. The summed E-state index contributed by atoms with van der Waals surface area (Å²) >= 11 is 0. The van der Waals surface area contributed by atoms with E-state index in [4.69, 9.17) is 5.11 Å². The zero-order chi connectivity index (χ0) is 16.1. The van der Waals surface area contributed by atoms with E-state index in [0.29, 0.717) is 24.3 Å². The second kappa shape index (κ2) is 7.04. The molecule has 0 bridgehead atoms. The van der Waals surface area contributed by atoms with Crippen molar-refractivity contribution in [2.75, 3.05) is 23.7 Å². The number of nitrogens with zero attached hydrogens (tertiary/aromatic N) is 1. The third kappa shape index (κ3) is 4.29. The average Bonchev–Trinajstić information content (AvgIpc) is 2.88. The Morgan fingerprint density at radius 1 is 1.18 bits per heavy atom. The standard InChI is InChI=1S/C15H19N3O4/c1-10(19)16-11-4-6-12(7-5-11)17-14(20)9-18-8-2-3-13(18)15(21)22/h4-7,13H,2-3,8-9H2,1H3,(H,16,19)(H,17,20)(H,21,22)/t13-/m0/s1. The number of nitrogens with one attached hydrogen (secondary N) is 2. The topological polar surface area (TPSA) is 98.7 Å². The van der Waals surface area contributed by atoms with Gasteiger partial charge in [0, 0.05) is 18.3 Å². The van der Waals surface area contributed by atoms with Crippen molar-refractivity contribution >= 4 is 29.2 Å². The summed E-state index contributed by atoms with van der Waals surface area (Å²) in [4.78, 5) is 35.6. The first-order valence-electron chi connectivity index (χ1n) is 7.10. The number of carboxylic acid groups (broad SMARTS) is 1. The summed E-state index contributed by atoms with van der Waals surface area (Å²) in [6.07, 6.45) is 1.36. The van der Waals surface area contributed by atoms with Crippen LogP contribution in [0, 0.1) is 0 Å². The van der Waals surface area contributed by atoms with Gasteiger partial charge in [0.1, 0.15) is 6.04 Å². The number of aliphatic carboxylic acids is 1. The molecule has 2 rings (SSSR count). The minimum absolute atomic E-state index is 0.0599. The molecule has 1 aromatic rings. The normalized spacial score (nSPS) is 18.0. The van der Waals surface area contributed by atoms with E-state index in [1.165, 1.54) is 6.92 Å². The summed E-state index contributed by atoms with van der Waals surface area (Å²) in [6, 6.07) is 6.16. The largest absolute Gasteiger partial charge is 0.480 e. The van der Waals surface area contributed by atoms with Crippen molar-refractivity contribution in [3.8, 4) is 0 Å². The molecule has 7 nitrogen and oxygen atoms in total. The molecule has 0 spiro atoms. The number of benzene rings is 1. The highest BCUT2D eigenvalue weighted by Gasteiger charge is 2.31. The molecule has 0 aromatic heterocycles. The van der Waals surface area contributed by atoms with Crippen LogP contribution in [0.5, 0.6) is 0 Å². The van der Waals surface area contributed by atoms with E-state index in [-0.39, 0.29) is 18.4 Å². The zero-order valence-corrected chi connectivity index (χ0v) is 12.3. The molecule has 1 fully saturated rings. The second-order valence-electron chi connectivity index (χ2n) is 5.27. The number of rotatable bonds is 5. The number of carbonyl (C=O) groups excluding carboxylic acids is 2. The molecule has 3 N–H and O–H groups in total. The fraction of sp³-hybridized carbons (Fsp3) is 0.400. The van der Waals surface area contributed by atoms with Crippen molar-refractivity contribution in [1.29, 1.82) is 0 Å². The van der Waals surface area contributed by atoms with Crippen LogP contribution in [-0.4, -0.2) is 46.9 Å². The maximum Gasteiger partial charge on any atom is 0.320 e. The molecule has 1 aliphatic heterocycles. The molecule has 0 aliphatic carbocycles. The Hall–Kier alpha value is -2.41. The van der Waals surface area contributed by atoms with Crippen molar-refractivity contribution in [2.45, 2.75) is 25.8 Å². The van der Waals surface area contributed by atoms with Gasteiger partial charge >= 0.3 is 5.97 Å². The fourth-order valence-corrected chi connectivity index (χ4v) is 2.52. The number of hydrogen-bond acceptors (Lipinski definition) is 4. The third-order valence-electron chi connectivity index (χ3n) is 3.48. The predicted molar refractivity (Wildman–Crippen MR) is 81.6 cm³/mol. The highest BCUT2D eigenvalue weighted by Crippen LogP contribution is 2.18. The summed E-state index contributed by atoms with van der Waals surface area (Å²) in [5, 5.41) is 14.4. The van der Waals surface area contributed by atoms with Crippen LogP contribution < -0.4 is 10.6 Å². The number of hydrogen-bond donors (Lipinski definition) is 3. The van der Waals surface area contributed by atoms with E-state index in [0.717, 1.165) is 6.42 Å². The molecular formula is C15H19N3O4. The number of amides is 2. The summed E-state index contributed by atoms with van der Waals surface area (Å²) < 4.78 is 0. The molecule has 0 unspecified atom stereocenters. The van der Waals surface area contributed by atoms with Gasteiger partial charge in [-0.2, -0.15) is 0 Å². The predicted octanol–water partition coefficient (Wildman–Crippen LogP) is 1.13. The molecule has 1 saturated heterocycles. The zero-order valence-electron chi connectivity index (χ0n) is 12.3. The van der Waals surface area contributed by atoms with E-state index < -0.39 is 12.0 Å². The Labute approximate surface area is 128 Å². The SMILES string of the molecule is CC(=O)Nc1ccc(NC(=O)CN2CCC[C@H]2C(=O)O)cc1. The van der Waals surface area contributed by atoms with Gasteiger partial charge < -0.3 is 15.7 Å². The lowest BCUT2D eigenvalue weighted by atomic mass is 10.2. The lowest BCUT2D eigenvalue weighted by Gasteiger charge is -2.20. The van der Waals surface area contributed by atoms with Crippen molar-refractivity contribution in [3.63, 3.8) is 0 Å². The summed E-state index contributed by atoms with van der Waals surface area (Å²) in [5.41, 5.74) is 1.25. The van der Waals surface area contributed by atoms with Gasteiger partial charge in [0.15, 0.2) is 0 Å². The molecule has 0 saturated carbocycles. The monoisotopic (exact) mass is 305 g/mol. The first-order chi connectivity index (χ1) is 10.5. The van der Waals surface area contributed by atoms with Gasteiger partial charge in [-0.3, -0.25) is 19.3 Å². The maximum atomic E-state index is 12.0. The molecule has 1 aromatic carbocycles. The Kier molecular flexibility index (Phi) is 5.11. The van der Waals surface area contributed by atoms with E-state index in [2.05, 4.69) is 10.6 Å². The second-order valence-corrected chi connectivity index (χ2v) is 5.27. The van der Waals surface area contributed by atoms with Crippen molar-refractivity contribution < 1.29 is 19.5 Å². The minimum Gasteiger partial charge on any atom is -0.480 e. The molecule has 2 amide bonds. The van der Waals surface area contributed by atoms with E-state index >= 15 is 0 Å². The van der Waals surface area contributed by atoms with E-state index in [1.54, 1.807) is 29.2 Å². The molecule has 0 radical (unpaired) electrons. The van der Waals surface area contributed by atoms with Gasteiger partial charge in [-0.25, -0.2) is 0 Å². The van der Waals surface area contributed by atoms with E-state index in [1.807, 2.05) is 0 Å². The Bertz CT molecular complexity index is 571. The smallest absolute Gasteiger partial charge is 0.320 e. The number of carbonyl (C=O) groups is 3. The fourth-order valence-electron chi connectivity index (χ4n) is 2.52. The number of carboxylic acids is 1. The van der Waals surface area contributed by atoms with Crippen molar-refractivity contribution in [3.05, 3.63) is 24.3 Å². The number of likely N-dealkylation sites (tertiary alicyclic amines) is 1. The Morgan fingerprint density at radius 2 is 1.77 bits per heavy atom. The van der Waals surface area contributed by atoms with Crippen molar-refractivity contribution in [1.82, 2.24) is 4.90 Å². The van der Waals surface area contributed by atoms with Crippen LogP contribution in [0.25, 0.3) is 0 Å². The van der Waals surface area contributed by atoms with Gasteiger partial charge in [-0.1, -0.05) is 0 Å². The molecule has 1 aliphatic rings. The van der Waals surface area contributed by atoms with Gasteiger partial charge in [0.2, 0.25) is 11.8 Å². The summed E-state index contributed by atoms with van der Waals surface area (Å²) in [7, 11) is 0. The average molecular weight is 305 g/mol. The molecular weight excluding hydrogens is 286 g/mol. The molecule has 118 valence electrons. The Morgan fingerprint density at radius 3 is 2.32 bits per heavy atom. The van der Waals surface area contributed by atoms with Crippen LogP contribution in [0.15, 0.2) is 24.3 Å². The first-order valence-corrected chi connectivity index (χ1v) is 7.10. The van der Waals surface area contributed by atoms with Gasteiger partial charge in [-0.05, 0) is 43.7 Å². The molecule has 1 atom stereocenters. The van der Waals surface area contributed by atoms with Crippen LogP contribution in [0.3, 0.4) is 0 Å². The minimum atomic E-state index is -0.884.